The summed E-state index contributed by atoms with van der Waals surface area (Å²) in [6.45, 7) is 3.00. The van der Waals surface area contributed by atoms with Gasteiger partial charge in [-0.1, -0.05) is 36.2 Å². The van der Waals surface area contributed by atoms with Gasteiger partial charge in [0.05, 0.1) is 21.6 Å². The number of hydrogen-bond donors (Lipinski definition) is 1. The van der Waals surface area contributed by atoms with Crippen LogP contribution in [0.1, 0.15) is 25.3 Å². The van der Waals surface area contributed by atoms with Gasteiger partial charge in [-0.2, -0.15) is 0 Å². The van der Waals surface area contributed by atoms with Crippen LogP contribution >= 0.6 is 23.2 Å². The Morgan fingerprint density at radius 3 is 2.67 bits per heavy atom. The van der Waals surface area contributed by atoms with Crippen molar-refractivity contribution in [3.63, 3.8) is 0 Å². The maximum atomic E-state index is 11.7. The van der Waals surface area contributed by atoms with E-state index in [1.165, 1.54) is 0 Å². The summed E-state index contributed by atoms with van der Waals surface area (Å²) in [6.07, 6.45) is 2.54. The van der Waals surface area contributed by atoms with Crippen LogP contribution in [-0.4, -0.2) is 32.5 Å². The fourth-order valence-corrected chi connectivity index (χ4v) is 5.00. The molecule has 0 aliphatic carbocycles. The third-order valence-electron chi connectivity index (χ3n) is 3.93. The molecule has 0 amide bonds. The minimum Gasteiger partial charge on any atom is -0.313 e. The van der Waals surface area contributed by atoms with Gasteiger partial charge in [0.25, 0.3) is 0 Å². The molecule has 1 fully saturated rings. The zero-order chi connectivity index (χ0) is 15.5. The van der Waals surface area contributed by atoms with Crippen molar-refractivity contribution < 1.29 is 8.42 Å². The van der Waals surface area contributed by atoms with Gasteiger partial charge in [0, 0.05) is 6.04 Å². The molecule has 2 unspecified atom stereocenters. The van der Waals surface area contributed by atoms with Crippen LogP contribution < -0.4 is 5.32 Å². The van der Waals surface area contributed by atoms with E-state index in [0.29, 0.717) is 15.8 Å². The second-order valence-corrected chi connectivity index (χ2v) is 8.72. The molecule has 118 valence electrons. The van der Waals surface area contributed by atoms with Crippen molar-refractivity contribution in [3.8, 4) is 0 Å². The first-order valence-corrected chi connectivity index (χ1v) is 9.86. The van der Waals surface area contributed by atoms with Crippen LogP contribution in [0.25, 0.3) is 0 Å². The molecule has 21 heavy (non-hydrogen) atoms. The Morgan fingerprint density at radius 2 is 2.10 bits per heavy atom. The Labute approximate surface area is 136 Å². The monoisotopic (exact) mass is 349 g/mol. The Kier molecular flexibility index (Phi) is 5.95. The topological polar surface area (TPSA) is 46.2 Å². The van der Waals surface area contributed by atoms with Gasteiger partial charge >= 0.3 is 0 Å². The lowest BCUT2D eigenvalue weighted by atomic mass is 9.93. The third kappa shape index (κ3) is 4.85. The lowest BCUT2D eigenvalue weighted by Crippen LogP contribution is -2.39. The second-order valence-electron chi connectivity index (χ2n) is 5.68. The summed E-state index contributed by atoms with van der Waals surface area (Å²) in [5.41, 5.74) is 1.09. The first-order valence-electron chi connectivity index (χ1n) is 7.29. The SMILES string of the molecule is CCCNC(Cc1ccc(Cl)c(Cl)c1)C1CCS(=O)(=O)C1. The van der Waals surface area contributed by atoms with Gasteiger partial charge in [-0.15, -0.1) is 0 Å². The Bertz CT molecular complexity index is 589. The molecule has 2 rings (SSSR count). The van der Waals surface area contributed by atoms with Gasteiger partial charge < -0.3 is 5.32 Å². The summed E-state index contributed by atoms with van der Waals surface area (Å²) in [5.74, 6) is 0.773. The zero-order valence-corrected chi connectivity index (χ0v) is 14.4. The fraction of sp³-hybridized carbons (Fsp3) is 0.600. The predicted molar refractivity (Wildman–Crippen MR) is 89.0 cm³/mol. The standard InChI is InChI=1S/C15H21Cl2NO2S/c1-2-6-18-15(12-5-7-21(19,20)10-12)9-11-3-4-13(16)14(17)8-11/h3-4,8,12,15,18H,2,5-7,9-10H2,1H3. The molecular formula is C15H21Cl2NO2S. The van der Waals surface area contributed by atoms with Crippen molar-refractivity contribution >= 4 is 33.0 Å². The van der Waals surface area contributed by atoms with Crippen molar-refractivity contribution in [3.05, 3.63) is 33.8 Å². The number of sulfone groups is 1. The molecule has 1 heterocycles. The van der Waals surface area contributed by atoms with Crippen LogP contribution in [0, 0.1) is 5.92 Å². The number of rotatable bonds is 6. The highest BCUT2D eigenvalue weighted by Gasteiger charge is 2.33. The molecule has 0 saturated carbocycles. The van der Waals surface area contributed by atoms with E-state index < -0.39 is 9.84 Å². The average Bonchev–Trinajstić information content (AvgIpc) is 2.79. The molecule has 1 aliphatic heterocycles. The molecule has 0 radical (unpaired) electrons. The van der Waals surface area contributed by atoms with Gasteiger partial charge in [0.15, 0.2) is 9.84 Å². The minimum atomic E-state index is -2.86. The second kappa shape index (κ2) is 7.32. The largest absolute Gasteiger partial charge is 0.313 e. The molecule has 1 saturated heterocycles. The molecule has 1 aliphatic rings. The summed E-state index contributed by atoms with van der Waals surface area (Å²) in [7, 11) is -2.86. The molecule has 0 bridgehead atoms. The van der Waals surface area contributed by atoms with E-state index in [9.17, 15) is 8.42 Å². The highest BCUT2D eigenvalue weighted by Crippen LogP contribution is 2.27. The maximum Gasteiger partial charge on any atom is 0.150 e. The van der Waals surface area contributed by atoms with Gasteiger partial charge in [0.2, 0.25) is 0 Å². The summed E-state index contributed by atoms with van der Waals surface area (Å²) in [6, 6.07) is 5.78. The molecule has 3 nitrogen and oxygen atoms in total. The molecule has 1 aromatic rings. The molecule has 2 atom stereocenters. The normalized spacial score (nSPS) is 22.3. The number of halogens is 2. The predicted octanol–water partition coefficient (Wildman–Crippen LogP) is 3.34. The van der Waals surface area contributed by atoms with E-state index in [-0.39, 0.29) is 17.7 Å². The van der Waals surface area contributed by atoms with E-state index in [1.807, 2.05) is 12.1 Å². The van der Waals surface area contributed by atoms with Crippen LogP contribution in [0.3, 0.4) is 0 Å². The van der Waals surface area contributed by atoms with Gasteiger partial charge in [-0.05, 0) is 49.4 Å². The van der Waals surface area contributed by atoms with E-state index in [4.69, 9.17) is 23.2 Å². The fourth-order valence-electron chi connectivity index (χ4n) is 2.80. The minimum absolute atomic E-state index is 0.166. The van der Waals surface area contributed by atoms with Crippen LogP contribution in [0.5, 0.6) is 0 Å². The van der Waals surface area contributed by atoms with Crippen molar-refractivity contribution in [2.24, 2.45) is 5.92 Å². The lowest BCUT2D eigenvalue weighted by Gasteiger charge is -2.24. The molecule has 0 spiro atoms. The number of benzene rings is 1. The highest BCUT2D eigenvalue weighted by atomic mass is 35.5. The average molecular weight is 350 g/mol. The van der Waals surface area contributed by atoms with Crippen LogP contribution in [0.2, 0.25) is 10.0 Å². The van der Waals surface area contributed by atoms with Gasteiger partial charge in [-0.25, -0.2) is 8.42 Å². The Hall–Kier alpha value is -0.290. The van der Waals surface area contributed by atoms with Crippen molar-refractivity contribution in [1.29, 1.82) is 0 Å². The van der Waals surface area contributed by atoms with E-state index in [0.717, 1.165) is 31.4 Å². The van der Waals surface area contributed by atoms with Gasteiger partial charge in [-0.3, -0.25) is 0 Å². The first kappa shape index (κ1) is 17.1. The van der Waals surface area contributed by atoms with Crippen molar-refractivity contribution in [2.45, 2.75) is 32.2 Å². The summed E-state index contributed by atoms with van der Waals surface area (Å²) < 4.78 is 23.4. The lowest BCUT2D eigenvalue weighted by molar-refractivity contribution is 0.379. The van der Waals surface area contributed by atoms with E-state index in [2.05, 4.69) is 12.2 Å². The highest BCUT2D eigenvalue weighted by molar-refractivity contribution is 7.91. The summed E-state index contributed by atoms with van der Waals surface area (Å²) in [5, 5.41) is 4.58. The number of nitrogens with one attached hydrogen (secondary N) is 1. The van der Waals surface area contributed by atoms with Crippen molar-refractivity contribution in [2.75, 3.05) is 18.1 Å². The third-order valence-corrected chi connectivity index (χ3v) is 6.47. The molecule has 6 heteroatoms. The molecule has 0 aromatic heterocycles. The summed E-state index contributed by atoms with van der Waals surface area (Å²) >= 11 is 12.0. The summed E-state index contributed by atoms with van der Waals surface area (Å²) in [4.78, 5) is 0. The molecule has 1 N–H and O–H groups in total. The quantitative estimate of drug-likeness (QED) is 0.856. The van der Waals surface area contributed by atoms with E-state index >= 15 is 0 Å². The van der Waals surface area contributed by atoms with Crippen LogP contribution in [-0.2, 0) is 16.3 Å². The number of hydrogen-bond acceptors (Lipinski definition) is 3. The zero-order valence-electron chi connectivity index (χ0n) is 12.1. The molecule has 1 aromatic carbocycles. The first-order chi connectivity index (χ1) is 9.91. The van der Waals surface area contributed by atoms with Crippen molar-refractivity contribution in [1.82, 2.24) is 5.32 Å². The Morgan fingerprint density at radius 1 is 1.33 bits per heavy atom. The van der Waals surface area contributed by atoms with Crippen LogP contribution in [0.15, 0.2) is 18.2 Å². The van der Waals surface area contributed by atoms with Gasteiger partial charge in [0.1, 0.15) is 0 Å². The van der Waals surface area contributed by atoms with Crippen LogP contribution in [0.4, 0.5) is 0 Å². The molecular weight excluding hydrogens is 329 g/mol. The maximum absolute atomic E-state index is 11.7. The van der Waals surface area contributed by atoms with E-state index in [1.54, 1.807) is 6.07 Å². The Balaban J connectivity index is 2.10. The smallest absolute Gasteiger partial charge is 0.150 e.